The van der Waals surface area contributed by atoms with Crippen molar-refractivity contribution in [3.8, 4) is 22.9 Å². The molecule has 0 aliphatic heterocycles. The first kappa shape index (κ1) is 22.8. The highest BCUT2D eigenvalue weighted by molar-refractivity contribution is 6.07. The molecule has 0 fully saturated rings. The zero-order valence-corrected chi connectivity index (χ0v) is 18.5. The molecule has 0 unspecified atom stereocenters. The maximum absolute atomic E-state index is 13.7. The molecule has 0 spiro atoms. The average molecular weight is 466 g/mol. The monoisotopic (exact) mass is 466 g/mol. The number of hydrogen-bond acceptors (Lipinski definition) is 5. The molecule has 9 heteroatoms. The Morgan fingerprint density at radius 2 is 1.53 bits per heavy atom. The van der Waals surface area contributed by atoms with Gasteiger partial charge in [0.15, 0.2) is 11.5 Å². The molecule has 0 atom stereocenters. The minimum Gasteiger partial charge on any atom is -0.508 e. The van der Waals surface area contributed by atoms with Crippen molar-refractivity contribution < 1.29 is 28.2 Å². The van der Waals surface area contributed by atoms with Crippen molar-refractivity contribution in [3.05, 3.63) is 88.2 Å². The summed E-state index contributed by atoms with van der Waals surface area (Å²) >= 11 is 0. The lowest BCUT2D eigenvalue weighted by Crippen LogP contribution is -2.32. The smallest absolute Gasteiger partial charge is 0.263 e. The van der Waals surface area contributed by atoms with Crippen molar-refractivity contribution in [2.75, 3.05) is 26.2 Å². The molecule has 0 aliphatic carbocycles. The Balaban J connectivity index is 1.98. The molecule has 1 N–H and O–H groups in total. The molecule has 34 heavy (non-hydrogen) atoms. The summed E-state index contributed by atoms with van der Waals surface area (Å²) in [5.41, 5.74) is 0.0815. The summed E-state index contributed by atoms with van der Waals surface area (Å²) in [5, 5.41) is 9.84. The van der Waals surface area contributed by atoms with Gasteiger partial charge in [-0.3, -0.25) is 9.59 Å². The summed E-state index contributed by atoms with van der Waals surface area (Å²) in [6.45, 7) is 0. The minimum atomic E-state index is -0.855. The third kappa shape index (κ3) is 4.03. The third-order valence-corrected chi connectivity index (χ3v) is 5.41. The van der Waals surface area contributed by atoms with E-state index < -0.39 is 23.0 Å². The van der Waals surface area contributed by atoms with E-state index in [1.807, 2.05) is 0 Å². The number of pyridine rings is 1. The highest BCUT2D eigenvalue weighted by atomic mass is 19.1. The van der Waals surface area contributed by atoms with Crippen LogP contribution in [0.5, 0.6) is 17.2 Å². The fourth-order valence-corrected chi connectivity index (χ4v) is 3.66. The van der Waals surface area contributed by atoms with Crippen molar-refractivity contribution in [2.45, 2.75) is 0 Å². The number of amides is 1. The van der Waals surface area contributed by atoms with Crippen molar-refractivity contribution >= 4 is 22.5 Å². The first-order chi connectivity index (χ1) is 16.2. The van der Waals surface area contributed by atoms with Gasteiger partial charge in [-0.1, -0.05) is 0 Å². The van der Waals surface area contributed by atoms with Crippen molar-refractivity contribution in [2.24, 2.45) is 0 Å². The molecule has 174 valence electrons. The number of aromatic nitrogens is 1. The van der Waals surface area contributed by atoms with Crippen LogP contribution in [-0.4, -0.2) is 36.8 Å². The normalized spacial score (nSPS) is 10.9. The number of methoxy groups -OCH3 is 2. The number of ether oxygens (including phenoxy) is 2. The van der Waals surface area contributed by atoms with Gasteiger partial charge in [-0.25, -0.2) is 8.78 Å². The van der Waals surface area contributed by atoms with E-state index in [0.717, 1.165) is 17.0 Å². The molecule has 0 saturated heterocycles. The highest BCUT2D eigenvalue weighted by Crippen LogP contribution is 2.32. The van der Waals surface area contributed by atoms with Gasteiger partial charge in [-0.2, -0.15) is 0 Å². The van der Waals surface area contributed by atoms with E-state index >= 15 is 0 Å². The van der Waals surface area contributed by atoms with Gasteiger partial charge in [0.2, 0.25) is 5.43 Å². The fraction of sp³-hybridized carbons (Fsp3) is 0.120. The van der Waals surface area contributed by atoms with Crippen LogP contribution in [0.1, 0.15) is 10.4 Å². The number of carbonyl (C=O) groups excluding carboxylic acids is 1. The largest absolute Gasteiger partial charge is 0.508 e. The van der Waals surface area contributed by atoms with Crippen molar-refractivity contribution in [3.63, 3.8) is 0 Å². The molecule has 7 nitrogen and oxygen atoms in total. The van der Waals surface area contributed by atoms with Gasteiger partial charge < -0.3 is 24.0 Å². The molecule has 0 radical (unpaired) electrons. The minimum absolute atomic E-state index is 0.0394. The number of phenols is 1. The quantitative estimate of drug-likeness (QED) is 0.475. The van der Waals surface area contributed by atoms with Gasteiger partial charge in [-0.15, -0.1) is 0 Å². The van der Waals surface area contributed by atoms with E-state index in [1.165, 1.54) is 45.7 Å². The lowest BCUT2D eigenvalue weighted by atomic mass is 10.1. The number of anilines is 1. The third-order valence-electron chi connectivity index (χ3n) is 5.41. The van der Waals surface area contributed by atoms with Gasteiger partial charge in [0.25, 0.3) is 5.91 Å². The number of aromatic hydroxyl groups is 1. The van der Waals surface area contributed by atoms with Crippen molar-refractivity contribution in [1.82, 2.24) is 4.57 Å². The SMILES string of the molecule is COc1cc2c(=O)c(C(=O)N(C)c3cc(F)cc(F)c3)cn(-c3ccc(O)cc3)c2cc1OC. The summed E-state index contributed by atoms with van der Waals surface area (Å²) in [4.78, 5) is 27.7. The zero-order valence-electron chi connectivity index (χ0n) is 18.5. The Bertz CT molecular complexity index is 1450. The van der Waals surface area contributed by atoms with E-state index in [4.69, 9.17) is 9.47 Å². The number of benzene rings is 3. The molecular weight excluding hydrogens is 446 g/mol. The molecule has 3 aromatic carbocycles. The van der Waals surface area contributed by atoms with Crippen LogP contribution < -0.4 is 19.8 Å². The van der Waals surface area contributed by atoms with E-state index in [1.54, 1.807) is 22.8 Å². The van der Waals surface area contributed by atoms with Gasteiger partial charge in [0.1, 0.15) is 22.9 Å². The maximum atomic E-state index is 13.7. The van der Waals surface area contributed by atoms with Gasteiger partial charge >= 0.3 is 0 Å². The summed E-state index contributed by atoms with van der Waals surface area (Å²) in [7, 11) is 4.20. The molecule has 1 heterocycles. The van der Waals surface area contributed by atoms with Crippen LogP contribution in [0.2, 0.25) is 0 Å². The zero-order chi connectivity index (χ0) is 24.6. The fourth-order valence-electron chi connectivity index (χ4n) is 3.66. The number of rotatable bonds is 5. The lowest BCUT2D eigenvalue weighted by Gasteiger charge is -2.20. The Labute approximate surface area is 193 Å². The Morgan fingerprint density at radius 1 is 0.941 bits per heavy atom. The molecule has 1 amide bonds. The van der Waals surface area contributed by atoms with E-state index in [2.05, 4.69) is 0 Å². The lowest BCUT2D eigenvalue weighted by molar-refractivity contribution is 0.0991. The first-order valence-corrected chi connectivity index (χ1v) is 10.1. The molecule has 4 rings (SSSR count). The number of carbonyl (C=O) groups is 1. The Kier molecular flexibility index (Phi) is 5.93. The van der Waals surface area contributed by atoms with Crippen molar-refractivity contribution in [1.29, 1.82) is 0 Å². The molecule has 0 aliphatic rings. The first-order valence-electron chi connectivity index (χ1n) is 10.1. The Hall–Kier alpha value is -4.40. The van der Waals surface area contributed by atoms with Crippen LogP contribution in [0.3, 0.4) is 0 Å². The van der Waals surface area contributed by atoms with E-state index in [9.17, 15) is 23.5 Å². The molecule has 0 saturated carbocycles. The molecule has 1 aromatic heterocycles. The summed E-state index contributed by atoms with van der Waals surface area (Å²) in [6, 6.07) is 11.9. The van der Waals surface area contributed by atoms with Crippen LogP contribution in [0.4, 0.5) is 14.5 Å². The topological polar surface area (TPSA) is 81.0 Å². The second-order valence-electron chi connectivity index (χ2n) is 7.47. The predicted octanol–water partition coefficient (Wildman–Crippen LogP) is 4.27. The van der Waals surface area contributed by atoms with Gasteiger partial charge in [0.05, 0.1) is 25.1 Å². The number of phenolic OH excluding ortho intramolecular Hbond substituents is 1. The summed E-state index contributed by atoms with van der Waals surface area (Å²) in [5.74, 6) is -1.78. The second-order valence-corrected chi connectivity index (χ2v) is 7.47. The average Bonchev–Trinajstić information content (AvgIpc) is 2.82. The Morgan fingerprint density at radius 3 is 2.12 bits per heavy atom. The predicted molar refractivity (Wildman–Crippen MR) is 123 cm³/mol. The maximum Gasteiger partial charge on any atom is 0.263 e. The van der Waals surface area contributed by atoms with E-state index in [0.29, 0.717) is 23.0 Å². The number of fused-ring (bicyclic) bond motifs is 1. The molecular formula is C25H20F2N2O5. The van der Waals surface area contributed by atoms with Crippen LogP contribution in [0.15, 0.2) is 65.6 Å². The van der Waals surface area contributed by atoms with Gasteiger partial charge in [0, 0.05) is 36.8 Å². The van der Waals surface area contributed by atoms with Crippen LogP contribution in [-0.2, 0) is 0 Å². The molecule has 0 bridgehead atoms. The number of nitrogens with zero attached hydrogens (tertiary/aromatic N) is 2. The van der Waals surface area contributed by atoms with Crippen LogP contribution >= 0.6 is 0 Å². The van der Waals surface area contributed by atoms with Crippen LogP contribution in [0.25, 0.3) is 16.6 Å². The summed E-state index contributed by atoms with van der Waals surface area (Å²) < 4.78 is 39.7. The standard InChI is InChI=1S/C25H20F2N2O5/c1-28(17-9-14(26)8-15(27)10-17)25(32)20-13-29(16-4-6-18(30)7-5-16)21-12-23(34-3)22(33-2)11-19(21)24(20)31/h4-13,30H,1-3H3. The number of hydrogen-bond donors (Lipinski definition) is 1. The number of halogens is 2. The van der Waals surface area contributed by atoms with Crippen LogP contribution in [0, 0.1) is 11.6 Å². The van der Waals surface area contributed by atoms with E-state index in [-0.39, 0.29) is 28.1 Å². The summed E-state index contributed by atoms with van der Waals surface area (Å²) in [6.07, 6.45) is 1.34. The van der Waals surface area contributed by atoms with Gasteiger partial charge in [-0.05, 0) is 42.5 Å². The highest BCUT2D eigenvalue weighted by Gasteiger charge is 2.23. The second kappa shape index (κ2) is 8.86. The molecule has 4 aromatic rings.